The van der Waals surface area contributed by atoms with Crippen molar-refractivity contribution >= 4 is 50.9 Å². The SMILES string of the molecule is Cc1cc(-c2nc3ncccc3o2)ccc1NC(=S)NC(=O)c1cccc2ccccc12. The molecule has 0 saturated heterocycles. The predicted molar refractivity (Wildman–Crippen MR) is 130 cm³/mol. The van der Waals surface area contributed by atoms with Gasteiger partial charge in [0.05, 0.1) is 0 Å². The number of fused-ring (bicyclic) bond motifs is 2. The summed E-state index contributed by atoms with van der Waals surface area (Å²) in [5, 5.41) is 7.98. The largest absolute Gasteiger partial charge is 0.434 e. The van der Waals surface area contributed by atoms with Gasteiger partial charge in [-0.1, -0.05) is 36.4 Å². The molecule has 0 bridgehead atoms. The van der Waals surface area contributed by atoms with Crippen molar-refractivity contribution in [1.82, 2.24) is 15.3 Å². The Balaban J connectivity index is 1.32. The minimum Gasteiger partial charge on any atom is -0.434 e. The van der Waals surface area contributed by atoms with Crippen LogP contribution in [0.5, 0.6) is 0 Å². The molecular formula is C25H18N4O2S. The van der Waals surface area contributed by atoms with Crippen LogP contribution in [0.25, 0.3) is 33.5 Å². The summed E-state index contributed by atoms with van der Waals surface area (Å²) in [7, 11) is 0. The maximum Gasteiger partial charge on any atom is 0.258 e. The summed E-state index contributed by atoms with van der Waals surface area (Å²) in [5.41, 5.74) is 4.32. The van der Waals surface area contributed by atoms with Gasteiger partial charge in [0, 0.05) is 23.0 Å². The highest BCUT2D eigenvalue weighted by Crippen LogP contribution is 2.27. The molecule has 3 aromatic carbocycles. The standard InChI is InChI=1S/C25H18N4O2S/c1-15-14-17(24-28-22-21(31-24)10-5-13-26-22)11-12-20(15)27-25(32)29-23(30)19-9-4-7-16-6-2-3-8-18(16)19/h2-14H,1H3,(H2,27,29,30,32). The average molecular weight is 439 g/mol. The summed E-state index contributed by atoms with van der Waals surface area (Å²) >= 11 is 5.38. The van der Waals surface area contributed by atoms with E-state index in [4.69, 9.17) is 16.6 Å². The van der Waals surface area contributed by atoms with Gasteiger partial charge in [-0.05, 0) is 71.9 Å². The number of rotatable bonds is 3. The van der Waals surface area contributed by atoms with Crippen LogP contribution in [-0.2, 0) is 0 Å². The molecule has 1 amide bonds. The van der Waals surface area contributed by atoms with Crippen molar-refractivity contribution in [2.75, 3.05) is 5.32 Å². The highest BCUT2D eigenvalue weighted by atomic mass is 32.1. The van der Waals surface area contributed by atoms with Crippen molar-refractivity contribution in [3.63, 3.8) is 0 Å². The van der Waals surface area contributed by atoms with Crippen LogP contribution in [0.15, 0.2) is 83.4 Å². The molecule has 0 aliphatic carbocycles. The first-order valence-electron chi connectivity index (χ1n) is 10.0. The zero-order valence-corrected chi connectivity index (χ0v) is 17.9. The van der Waals surface area contributed by atoms with E-state index in [0.29, 0.717) is 22.7 Å². The first-order chi connectivity index (χ1) is 15.6. The fourth-order valence-electron chi connectivity index (χ4n) is 3.58. The highest BCUT2D eigenvalue weighted by molar-refractivity contribution is 7.80. The zero-order chi connectivity index (χ0) is 22.1. The van der Waals surface area contributed by atoms with Crippen molar-refractivity contribution in [2.45, 2.75) is 6.92 Å². The summed E-state index contributed by atoms with van der Waals surface area (Å²) in [6.07, 6.45) is 1.68. The van der Waals surface area contributed by atoms with Crippen LogP contribution in [0.1, 0.15) is 15.9 Å². The lowest BCUT2D eigenvalue weighted by Crippen LogP contribution is -2.34. The molecule has 6 nitrogen and oxygen atoms in total. The van der Waals surface area contributed by atoms with Gasteiger partial charge < -0.3 is 9.73 Å². The van der Waals surface area contributed by atoms with Gasteiger partial charge in [0.15, 0.2) is 16.3 Å². The number of aromatic nitrogens is 2. The van der Waals surface area contributed by atoms with Crippen molar-refractivity contribution in [1.29, 1.82) is 0 Å². The van der Waals surface area contributed by atoms with Crippen LogP contribution < -0.4 is 10.6 Å². The van der Waals surface area contributed by atoms with E-state index < -0.39 is 0 Å². The molecule has 5 rings (SSSR count). The highest BCUT2D eigenvalue weighted by Gasteiger charge is 2.13. The summed E-state index contributed by atoms with van der Waals surface area (Å²) in [4.78, 5) is 21.4. The van der Waals surface area contributed by atoms with E-state index in [1.54, 1.807) is 12.3 Å². The zero-order valence-electron chi connectivity index (χ0n) is 17.1. The molecule has 2 N–H and O–H groups in total. The summed E-state index contributed by atoms with van der Waals surface area (Å²) in [5.74, 6) is 0.243. The Kier molecular flexibility index (Phi) is 5.09. The summed E-state index contributed by atoms with van der Waals surface area (Å²) < 4.78 is 5.79. The lowest BCUT2D eigenvalue weighted by atomic mass is 10.0. The smallest absolute Gasteiger partial charge is 0.258 e. The van der Waals surface area contributed by atoms with Gasteiger partial charge in [0.2, 0.25) is 5.89 Å². The van der Waals surface area contributed by atoms with Gasteiger partial charge in [-0.15, -0.1) is 0 Å². The van der Waals surface area contributed by atoms with Crippen molar-refractivity contribution < 1.29 is 9.21 Å². The number of hydrogen-bond acceptors (Lipinski definition) is 5. The second kappa shape index (κ2) is 8.20. The molecule has 0 unspecified atom stereocenters. The van der Waals surface area contributed by atoms with Crippen molar-refractivity contribution in [3.05, 3.63) is 90.1 Å². The normalized spacial score (nSPS) is 10.9. The number of aryl methyl sites for hydroxylation is 1. The van der Waals surface area contributed by atoms with E-state index in [-0.39, 0.29) is 11.0 Å². The number of anilines is 1. The van der Waals surface area contributed by atoms with Crippen LogP contribution >= 0.6 is 12.2 Å². The molecule has 2 aromatic heterocycles. The third-order valence-corrected chi connectivity index (χ3v) is 5.35. The number of benzene rings is 3. The van der Waals surface area contributed by atoms with Crippen LogP contribution in [0.2, 0.25) is 0 Å². The number of carbonyl (C=O) groups excluding carboxylic acids is 1. The quantitative estimate of drug-likeness (QED) is 0.363. The van der Waals surface area contributed by atoms with Gasteiger partial charge in [-0.25, -0.2) is 4.98 Å². The third kappa shape index (κ3) is 3.81. The molecule has 2 heterocycles. The van der Waals surface area contributed by atoms with E-state index in [1.807, 2.05) is 73.7 Å². The number of nitrogens with zero attached hydrogens (tertiary/aromatic N) is 2. The fourth-order valence-corrected chi connectivity index (χ4v) is 3.78. The van der Waals surface area contributed by atoms with Crippen LogP contribution in [0, 0.1) is 6.92 Å². The molecule has 32 heavy (non-hydrogen) atoms. The maximum atomic E-state index is 12.8. The van der Waals surface area contributed by atoms with E-state index in [2.05, 4.69) is 20.6 Å². The Hall–Kier alpha value is -4.10. The molecule has 0 radical (unpaired) electrons. The molecule has 0 spiro atoms. The minimum atomic E-state index is -0.257. The molecule has 0 aliphatic rings. The first kappa shape index (κ1) is 19.8. The topological polar surface area (TPSA) is 80.1 Å². The fraction of sp³-hybridized carbons (Fsp3) is 0.0400. The second-order valence-corrected chi connectivity index (χ2v) is 7.72. The van der Waals surface area contributed by atoms with E-state index >= 15 is 0 Å². The summed E-state index contributed by atoms with van der Waals surface area (Å²) in [6, 6.07) is 22.7. The number of oxazole rings is 1. The molecule has 0 atom stereocenters. The maximum absolute atomic E-state index is 12.8. The van der Waals surface area contributed by atoms with Crippen LogP contribution in [0.4, 0.5) is 5.69 Å². The predicted octanol–water partition coefficient (Wildman–Crippen LogP) is 5.48. The molecule has 0 aliphatic heterocycles. The lowest BCUT2D eigenvalue weighted by molar-refractivity contribution is 0.0979. The monoisotopic (exact) mass is 438 g/mol. The van der Waals surface area contributed by atoms with Gasteiger partial charge in [-0.3, -0.25) is 10.1 Å². The Morgan fingerprint density at radius 2 is 1.84 bits per heavy atom. The molecule has 7 heteroatoms. The Bertz CT molecular complexity index is 1450. The minimum absolute atomic E-state index is 0.227. The van der Waals surface area contributed by atoms with Crippen molar-refractivity contribution in [3.8, 4) is 11.5 Å². The molecule has 5 aromatic rings. The van der Waals surface area contributed by atoms with Gasteiger partial charge in [-0.2, -0.15) is 4.98 Å². The number of hydrogen-bond donors (Lipinski definition) is 2. The number of pyridine rings is 1. The molecule has 0 fully saturated rings. The Morgan fingerprint density at radius 1 is 1.00 bits per heavy atom. The second-order valence-electron chi connectivity index (χ2n) is 7.31. The van der Waals surface area contributed by atoms with Crippen molar-refractivity contribution in [2.24, 2.45) is 0 Å². The van der Waals surface area contributed by atoms with Crippen LogP contribution in [0.3, 0.4) is 0 Å². The van der Waals surface area contributed by atoms with Gasteiger partial charge in [0.25, 0.3) is 5.91 Å². The van der Waals surface area contributed by atoms with Gasteiger partial charge >= 0.3 is 0 Å². The molecule has 0 saturated carbocycles. The number of nitrogens with one attached hydrogen (secondary N) is 2. The first-order valence-corrected chi connectivity index (χ1v) is 10.4. The summed E-state index contributed by atoms with van der Waals surface area (Å²) in [6.45, 7) is 1.95. The van der Waals surface area contributed by atoms with E-state index in [9.17, 15) is 4.79 Å². The van der Waals surface area contributed by atoms with Gasteiger partial charge in [0.1, 0.15) is 0 Å². The number of amides is 1. The molecule has 156 valence electrons. The lowest BCUT2D eigenvalue weighted by Gasteiger charge is -2.13. The number of carbonyl (C=O) groups is 1. The Morgan fingerprint density at radius 3 is 2.69 bits per heavy atom. The van der Waals surface area contributed by atoms with E-state index in [0.717, 1.165) is 27.6 Å². The third-order valence-electron chi connectivity index (χ3n) is 5.15. The van der Waals surface area contributed by atoms with Crippen LogP contribution in [-0.4, -0.2) is 21.0 Å². The number of thiocarbonyl (C=S) groups is 1. The van der Waals surface area contributed by atoms with E-state index in [1.165, 1.54) is 0 Å². The average Bonchev–Trinajstić information content (AvgIpc) is 3.24. The molecular weight excluding hydrogens is 420 g/mol. The Labute approximate surface area is 189 Å².